The van der Waals surface area contributed by atoms with E-state index < -0.39 is 10.0 Å². The second-order valence-corrected chi connectivity index (χ2v) is 10.4. The van der Waals surface area contributed by atoms with E-state index >= 15 is 0 Å². The number of carbonyl (C=O) groups is 1. The zero-order chi connectivity index (χ0) is 24.0. The van der Waals surface area contributed by atoms with Gasteiger partial charge in [-0.3, -0.25) is 4.79 Å². The summed E-state index contributed by atoms with van der Waals surface area (Å²) in [6.07, 6.45) is 1.74. The molecule has 0 saturated carbocycles. The number of allylic oxidation sites excluding steroid dienone is 1. The average Bonchev–Trinajstić information content (AvgIpc) is 3.12. The molecule has 13 heteroatoms. The Morgan fingerprint density at radius 2 is 1.82 bits per heavy atom. The molecule has 0 atom stereocenters. The summed E-state index contributed by atoms with van der Waals surface area (Å²) in [5.74, 6) is 1.08. The Hall–Kier alpha value is -2.74. The molecule has 0 aliphatic rings. The van der Waals surface area contributed by atoms with Gasteiger partial charge in [-0.1, -0.05) is 29.6 Å². The number of benzene rings is 1. The highest BCUT2D eigenvalue weighted by Gasteiger charge is 2.15. The van der Waals surface area contributed by atoms with Crippen LogP contribution in [0.5, 0.6) is 0 Å². The molecular formula is C20H23N7O3S3. The van der Waals surface area contributed by atoms with Crippen molar-refractivity contribution < 1.29 is 13.2 Å². The van der Waals surface area contributed by atoms with E-state index in [4.69, 9.17) is 5.14 Å². The summed E-state index contributed by atoms with van der Waals surface area (Å²) in [6, 6.07) is 7.54. The zero-order valence-corrected chi connectivity index (χ0v) is 20.5. The monoisotopic (exact) mass is 505 g/mol. The van der Waals surface area contributed by atoms with Crippen molar-refractivity contribution in [3.63, 3.8) is 0 Å². The lowest BCUT2D eigenvalue weighted by molar-refractivity contribution is -0.113. The van der Waals surface area contributed by atoms with Crippen molar-refractivity contribution in [3.8, 4) is 0 Å². The van der Waals surface area contributed by atoms with E-state index in [1.807, 2.05) is 24.5 Å². The van der Waals surface area contributed by atoms with Crippen molar-refractivity contribution in [1.82, 2.24) is 24.7 Å². The number of thioether (sulfide) groups is 2. The van der Waals surface area contributed by atoms with Crippen LogP contribution >= 0.6 is 23.5 Å². The highest BCUT2D eigenvalue weighted by molar-refractivity contribution is 7.99. The molecule has 2 heterocycles. The van der Waals surface area contributed by atoms with Gasteiger partial charge in [-0.25, -0.2) is 23.5 Å². The maximum absolute atomic E-state index is 12.3. The summed E-state index contributed by atoms with van der Waals surface area (Å²) in [4.78, 5) is 21.2. The average molecular weight is 506 g/mol. The van der Waals surface area contributed by atoms with E-state index in [1.54, 1.807) is 6.08 Å². The largest absolute Gasteiger partial charge is 0.325 e. The van der Waals surface area contributed by atoms with Crippen LogP contribution in [0.25, 0.3) is 0 Å². The van der Waals surface area contributed by atoms with Crippen LogP contribution in [0.3, 0.4) is 0 Å². The molecule has 33 heavy (non-hydrogen) atoms. The first-order valence-corrected chi connectivity index (χ1v) is 13.2. The first-order chi connectivity index (χ1) is 15.7. The van der Waals surface area contributed by atoms with Crippen molar-refractivity contribution in [2.45, 2.75) is 41.4 Å². The van der Waals surface area contributed by atoms with Gasteiger partial charge in [0.05, 0.1) is 16.4 Å². The summed E-state index contributed by atoms with van der Waals surface area (Å²) in [6.45, 7) is 8.13. The normalized spacial score (nSPS) is 11.4. The Labute approximate surface area is 200 Å². The Kier molecular flexibility index (Phi) is 8.24. The maximum Gasteiger partial charge on any atom is 0.238 e. The number of amides is 1. The number of hydrogen-bond acceptors (Lipinski definition) is 9. The van der Waals surface area contributed by atoms with Gasteiger partial charge in [-0.05, 0) is 44.2 Å². The predicted molar refractivity (Wildman–Crippen MR) is 128 cm³/mol. The van der Waals surface area contributed by atoms with Crippen LogP contribution in [0.15, 0.2) is 58.2 Å². The SMILES string of the molecule is C=CCn1c(CSc2nc(C)cc(C)n2)nnc1SCC(=O)Nc1ccc(S(N)(=O)=O)cc1. The Balaban J connectivity index is 1.61. The van der Waals surface area contributed by atoms with Crippen molar-refractivity contribution >= 4 is 45.1 Å². The minimum absolute atomic E-state index is 0.0241. The number of nitrogens with one attached hydrogen (secondary N) is 1. The number of sulfonamides is 1. The summed E-state index contributed by atoms with van der Waals surface area (Å²) in [7, 11) is -3.78. The van der Waals surface area contributed by atoms with Gasteiger partial charge in [0.2, 0.25) is 15.9 Å². The molecule has 0 radical (unpaired) electrons. The van der Waals surface area contributed by atoms with Gasteiger partial charge in [0.25, 0.3) is 0 Å². The lowest BCUT2D eigenvalue weighted by Gasteiger charge is -2.08. The molecule has 0 spiro atoms. The quantitative estimate of drug-likeness (QED) is 0.241. The molecule has 0 aliphatic carbocycles. The molecule has 0 fully saturated rings. The van der Waals surface area contributed by atoms with E-state index in [-0.39, 0.29) is 16.6 Å². The van der Waals surface area contributed by atoms with Crippen molar-refractivity contribution in [1.29, 1.82) is 0 Å². The molecule has 3 N–H and O–H groups in total. The lowest BCUT2D eigenvalue weighted by Crippen LogP contribution is -2.15. The first kappa shape index (κ1) is 24.9. The molecule has 2 aromatic heterocycles. The van der Waals surface area contributed by atoms with Gasteiger partial charge in [-0.2, -0.15) is 0 Å². The molecule has 174 valence electrons. The number of hydrogen-bond donors (Lipinski definition) is 2. The molecule has 0 bridgehead atoms. The number of aryl methyl sites for hydroxylation is 2. The van der Waals surface area contributed by atoms with E-state index in [0.717, 1.165) is 17.2 Å². The highest BCUT2D eigenvalue weighted by Crippen LogP contribution is 2.23. The number of aromatic nitrogens is 5. The molecular weight excluding hydrogens is 482 g/mol. The van der Waals surface area contributed by atoms with Gasteiger partial charge in [0, 0.05) is 23.6 Å². The number of anilines is 1. The second-order valence-electron chi connectivity index (χ2n) is 6.93. The summed E-state index contributed by atoms with van der Waals surface area (Å²) in [5, 5.41) is 17.5. The van der Waals surface area contributed by atoms with E-state index in [2.05, 4.69) is 32.1 Å². The third-order valence-corrected chi connectivity index (χ3v) is 6.94. The van der Waals surface area contributed by atoms with E-state index in [0.29, 0.717) is 28.3 Å². The topological polar surface area (TPSA) is 146 Å². The summed E-state index contributed by atoms with van der Waals surface area (Å²) in [5.41, 5.74) is 2.27. The number of carbonyl (C=O) groups excluding carboxylic acids is 1. The molecule has 0 aliphatic heterocycles. The van der Waals surface area contributed by atoms with Crippen LogP contribution in [0.4, 0.5) is 5.69 Å². The number of primary sulfonamides is 1. The van der Waals surface area contributed by atoms with Crippen LogP contribution in [0.2, 0.25) is 0 Å². The molecule has 3 rings (SSSR count). The number of rotatable bonds is 10. The number of nitrogens with zero attached hydrogens (tertiary/aromatic N) is 5. The minimum Gasteiger partial charge on any atom is -0.325 e. The highest BCUT2D eigenvalue weighted by atomic mass is 32.2. The lowest BCUT2D eigenvalue weighted by atomic mass is 10.3. The van der Waals surface area contributed by atoms with Gasteiger partial charge >= 0.3 is 0 Å². The first-order valence-electron chi connectivity index (χ1n) is 9.69. The molecule has 1 amide bonds. The van der Waals surface area contributed by atoms with E-state index in [9.17, 15) is 13.2 Å². The maximum atomic E-state index is 12.3. The molecule has 1 aromatic carbocycles. The van der Waals surface area contributed by atoms with Crippen molar-refractivity contribution in [2.24, 2.45) is 5.14 Å². The Bertz CT molecular complexity index is 1240. The van der Waals surface area contributed by atoms with Gasteiger partial charge in [0.1, 0.15) is 5.82 Å². The third kappa shape index (κ3) is 7.12. The molecule has 3 aromatic rings. The second kappa shape index (κ2) is 10.9. The molecule has 10 nitrogen and oxygen atoms in total. The molecule has 0 saturated heterocycles. The van der Waals surface area contributed by atoms with Gasteiger partial charge in [-0.15, -0.1) is 16.8 Å². The van der Waals surface area contributed by atoms with Crippen molar-refractivity contribution in [3.05, 3.63) is 60.2 Å². The van der Waals surface area contributed by atoms with Crippen LogP contribution in [-0.4, -0.2) is 44.8 Å². The minimum atomic E-state index is -3.78. The van der Waals surface area contributed by atoms with Crippen LogP contribution in [0, 0.1) is 13.8 Å². The molecule has 0 unspecified atom stereocenters. The Morgan fingerprint density at radius 1 is 1.15 bits per heavy atom. The number of nitrogens with two attached hydrogens (primary N) is 1. The fourth-order valence-electron chi connectivity index (χ4n) is 2.79. The van der Waals surface area contributed by atoms with Gasteiger partial charge < -0.3 is 9.88 Å². The van der Waals surface area contributed by atoms with Crippen LogP contribution in [0.1, 0.15) is 17.2 Å². The van der Waals surface area contributed by atoms with Gasteiger partial charge in [0.15, 0.2) is 10.3 Å². The summed E-state index contributed by atoms with van der Waals surface area (Å²) < 4.78 is 24.5. The van der Waals surface area contributed by atoms with Crippen LogP contribution < -0.4 is 10.5 Å². The fourth-order valence-corrected chi connectivity index (χ4v) is 4.96. The van der Waals surface area contributed by atoms with Crippen molar-refractivity contribution in [2.75, 3.05) is 11.1 Å². The smallest absolute Gasteiger partial charge is 0.238 e. The summed E-state index contributed by atoms with van der Waals surface area (Å²) >= 11 is 2.71. The standard InChI is InChI=1S/C20H23N7O3S3/c1-4-9-27-17(11-31-19-22-13(2)10-14(3)23-19)25-26-20(27)32-12-18(28)24-15-5-7-16(8-6-15)33(21,29)30/h4-8,10H,1,9,11-12H2,2-3H3,(H,24,28)(H2,21,29,30). The van der Waals surface area contributed by atoms with Crippen LogP contribution in [-0.2, 0) is 27.1 Å². The fraction of sp³-hybridized carbons (Fsp3) is 0.250. The predicted octanol–water partition coefficient (Wildman–Crippen LogP) is 2.54. The third-order valence-electron chi connectivity index (χ3n) is 4.20. The van der Waals surface area contributed by atoms with E-state index in [1.165, 1.54) is 47.8 Å². The zero-order valence-electron chi connectivity index (χ0n) is 18.1. The Morgan fingerprint density at radius 3 is 2.42 bits per heavy atom.